The van der Waals surface area contributed by atoms with E-state index in [1.54, 1.807) is 12.1 Å². The van der Waals surface area contributed by atoms with Crippen molar-refractivity contribution in [3.63, 3.8) is 0 Å². The van der Waals surface area contributed by atoms with Gasteiger partial charge in [-0.1, -0.05) is 52.0 Å². The van der Waals surface area contributed by atoms with Crippen molar-refractivity contribution in [2.24, 2.45) is 0 Å². The van der Waals surface area contributed by atoms with Gasteiger partial charge in [-0.05, 0) is 25.0 Å². The maximum atomic E-state index is 10.2. The highest BCUT2D eigenvalue weighted by Gasteiger charge is 2.31. The van der Waals surface area contributed by atoms with Crippen LogP contribution in [0.5, 0.6) is 0 Å². The van der Waals surface area contributed by atoms with Crippen LogP contribution in [0.2, 0.25) is 10.0 Å². The summed E-state index contributed by atoms with van der Waals surface area (Å²) in [5.41, 5.74) is 0.0802. The minimum Gasteiger partial charge on any atom is -0.388 e. The molecule has 0 radical (unpaired) electrons. The first-order valence-electron chi connectivity index (χ1n) is 5.61. The Morgan fingerprint density at radius 1 is 1.24 bits per heavy atom. The minimum atomic E-state index is -0.611. The van der Waals surface area contributed by atoms with Crippen LogP contribution in [-0.2, 0) is 0 Å². The Bertz CT molecular complexity index is 396. The summed E-state index contributed by atoms with van der Waals surface area (Å²) in [5.74, 6) is 0. The number of aliphatic hydroxyl groups is 1. The Kier molecular flexibility index (Phi) is 4.24. The molecule has 0 aromatic heterocycles. The van der Waals surface area contributed by atoms with E-state index in [0.29, 0.717) is 22.3 Å². The molecule has 0 bridgehead atoms. The smallest absolute Gasteiger partial charge is 0.0819 e. The molecule has 2 nitrogen and oxygen atoms in total. The van der Waals surface area contributed by atoms with Gasteiger partial charge in [0.05, 0.1) is 21.3 Å². The van der Waals surface area contributed by atoms with Crippen LogP contribution in [0.4, 0.5) is 5.69 Å². The predicted octanol–water partition coefficient (Wildman–Crippen LogP) is 4.47. The Labute approximate surface area is 119 Å². The summed E-state index contributed by atoms with van der Waals surface area (Å²) >= 11 is 15.5. The SMILES string of the molecule is OC1(CNc2c(Cl)cc(Br)cc2Cl)CCCC1. The molecule has 5 heteroatoms. The van der Waals surface area contributed by atoms with E-state index >= 15 is 0 Å². The number of halogens is 3. The van der Waals surface area contributed by atoms with Gasteiger partial charge in [0.25, 0.3) is 0 Å². The van der Waals surface area contributed by atoms with Crippen molar-refractivity contribution in [2.45, 2.75) is 31.3 Å². The summed E-state index contributed by atoms with van der Waals surface area (Å²) < 4.78 is 0.845. The molecule has 1 aliphatic rings. The van der Waals surface area contributed by atoms with Gasteiger partial charge in [-0.3, -0.25) is 0 Å². The fraction of sp³-hybridized carbons (Fsp3) is 0.500. The third-order valence-electron chi connectivity index (χ3n) is 3.14. The second-order valence-electron chi connectivity index (χ2n) is 4.53. The van der Waals surface area contributed by atoms with E-state index < -0.39 is 5.60 Å². The van der Waals surface area contributed by atoms with Crippen molar-refractivity contribution in [1.29, 1.82) is 0 Å². The zero-order valence-electron chi connectivity index (χ0n) is 9.27. The molecule has 0 heterocycles. The summed E-state index contributed by atoms with van der Waals surface area (Å²) in [4.78, 5) is 0. The van der Waals surface area contributed by atoms with E-state index in [-0.39, 0.29) is 0 Å². The van der Waals surface area contributed by atoms with E-state index in [1.165, 1.54) is 0 Å². The van der Waals surface area contributed by atoms with Crippen molar-refractivity contribution in [1.82, 2.24) is 0 Å². The van der Waals surface area contributed by atoms with E-state index in [0.717, 1.165) is 30.2 Å². The monoisotopic (exact) mass is 337 g/mol. The number of benzene rings is 1. The van der Waals surface area contributed by atoms with Gasteiger partial charge in [-0.25, -0.2) is 0 Å². The van der Waals surface area contributed by atoms with Crippen LogP contribution < -0.4 is 5.32 Å². The Hall–Kier alpha value is 0.0400. The van der Waals surface area contributed by atoms with E-state index in [2.05, 4.69) is 21.2 Å². The highest BCUT2D eigenvalue weighted by atomic mass is 79.9. The van der Waals surface area contributed by atoms with Crippen LogP contribution in [0, 0.1) is 0 Å². The predicted molar refractivity (Wildman–Crippen MR) is 76.1 cm³/mol. The average Bonchev–Trinajstić information content (AvgIpc) is 2.64. The number of anilines is 1. The van der Waals surface area contributed by atoms with Crippen LogP contribution in [0.15, 0.2) is 16.6 Å². The molecule has 1 aromatic carbocycles. The summed E-state index contributed by atoms with van der Waals surface area (Å²) in [5, 5.41) is 14.5. The van der Waals surface area contributed by atoms with Crippen LogP contribution in [-0.4, -0.2) is 17.3 Å². The number of nitrogens with one attached hydrogen (secondary N) is 1. The van der Waals surface area contributed by atoms with Gasteiger partial charge in [-0.15, -0.1) is 0 Å². The van der Waals surface area contributed by atoms with E-state index in [9.17, 15) is 5.11 Å². The molecular formula is C12H14BrCl2NO. The quantitative estimate of drug-likeness (QED) is 0.852. The number of rotatable bonds is 3. The Balaban J connectivity index is 2.08. The summed E-state index contributed by atoms with van der Waals surface area (Å²) in [6, 6.07) is 3.57. The number of hydrogen-bond acceptors (Lipinski definition) is 2. The maximum Gasteiger partial charge on any atom is 0.0819 e. The van der Waals surface area contributed by atoms with Crippen molar-refractivity contribution in [2.75, 3.05) is 11.9 Å². The molecule has 1 aliphatic carbocycles. The van der Waals surface area contributed by atoms with Gasteiger partial charge in [0, 0.05) is 11.0 Å². The van der Waals surface area contributed by atoms with Crippen LogP contribution in [0.3, 0.4) is 0 Å². The summed E-state index contributed by atoms with van der Waals surface area (Å²) in [7, 11) is 0. The zero-order chi connectivity index (χ0) is 12.5. The summed E-state index contributed by atoms with van der Waals surface area (Å²) in [6.45, 7) is 0.494. The molecule has 94 valence electrons. The first kappa shape index (κ1) is 13.5. The second kappa shape index (κ2) is 5.35. The molecule has 0 unspecified atom stereocenters. The normalized spacial score (nSPS) is 18.4. The molecule has 0 amide bonds. The lowest BCUT2D eigenvalue weighted by molar-refractivity contribution is 0.0615. The third-order valence-corrected chi connectivity index (χ3v) is 4.19. The van der Waals surface area contributed by atoms with Crippen molar-refractivity contribution < 1.29 is 5.11 Å². The average molecular weight is 339 g/mol. The van der Waals surface area contributed by atoms with Gasteiger partial charge in [-0.2, -0.15) is 0 Å². The summed E-state index contributed by atoms with van der Waals surface area (Å²) in [6.07, 6.45) is 3.84. The molecular weight excluding hydrogens is 325 g/mol. The van der Waals surface area contributed by atoms with Gasteiger partial charge in [0.1, 0.15) is 0 Å². The van der Waals surface area contributed by atoms with Crippen LogP contribution >= 0.6 is 39.1 Å². The molecule has 1 saturated carbocycles. The van der Waals surface area contributed by atoms with Crippen molar-refractivity contribution >= 4 is 44.8 Å². The topological polar surface area (TPSA) is 32.3 Å². The molecule has 0 atom stereocenters. The first-order valence-corrected chi connectivity index (χ1v) is 7.16. The molecule has 1 aromatic rings. The highest BCUT2D eigenvalue weighted by molar-refractivity contribution is 9.10. The molecule has 0 aliphatic heterocycles. The van der Waals surface area contributed by atoms with Crippen LogP contribution in [0.1, 0.15) is 25.7 Å². The molecule has 2 N–H and O–H groups in total. The van der Waals surface area contributed by atoms with Gasteiger partial charge in [0.2, 0.25) is 0 Å². The fourth-order valence-corrected chi connectivity index (χ4v) is 3.52. The lowest BCUT2D eigenvalue weighted by Crippen LogP contribution is -2.33. The standard InChI is InChI=1S/C12H14BrCl2NO/c13-8-5-9(14)11(10(15)6-8)16-7-12(17)3-1-2-4-12/h5-6,16-17H,1-4,7H2. The van der Waals surface area contributed by atoms with Gasteiger partial charge in [0.15, 0.2) is 0 Å². The van der Waals surface area contributed by atoms with E-state index in [1.807, 2.05) is 0 Å². The lowest BCUT2D eigenvalue weighted by Gasteiger charge is -2.23. The Morgan fingerprint density at radius 2 is 1.76 bits per heavy atom. The largest absolute Gasteiger partial charge is 0.388 e. The maximum absolute atomic E-state index is 10.2. The highest BCUT2D eigenvalue weighted by Crippen LogP contribution is 2.35. The molecule has 0 saturated heterocycles. The van der Waals surface area contributed by atoms with Gasteiger partial charge < -0.3 is 10.4 Å². The second-order valence-corrected chi connectivity index (χ2v) is 6.26. The van der Waals surface area contributed by atoms with Crippen molar-refractivity contribution in [3.8, 4) is 0 Å². The Morgan fingerprint density at radius 3 is 2.29 bits per heavy atom. The van der Waals surface area contributed by atoms with Crippen molar-refractivity contribution in [3.05, 3.63) is 26.7 Å². The molecule has 2 rings (SSSR count). The van der Waals surface area contributed by atoms with Gasteiger partial charge >= 0.3 is 0 Å². The minimum absolute atomic E-state index is 0.494. The zero-order valence-corrected chi connectivity index (χ0v) is 12.4. The molecule has 1 fully saturated rings. The molecule has 0 spiro atoms. The van der Waals surface area contributed by atoms with E-state index in [4.69, 9.17) is 23.2 Å². The lowest BCUT2D eigenvalue weighted by atomic mass is 10.0. The van der Waals surface area contributed by atoms with Crippen LogP contribution in [0.25, 0.3) is 0 Å². The molecule has 17 heavy (non-hydrogen) atoms. The number of hydrogen-bond donors (Lipinski definition) is 2. The fourth-order valence-electron chi connectivity index (χ4n) is 2.17. The third kappa shape index (κ3) is 3.28. The first-order chi connectivity index (χ1) is 8.00.